The lowest BCUT2D eigenvalue weighted by Crippen LogP contribution is -2.38. The third kappa shape index (κ3) is 19.3. The SMILES string of the molecule is CC(C)(C)OC(=O)N1Cc2cccc(C(O)C(=O)N3CC4=C(C3)CN(S(=O)(=O)c3ccc5c(c3)OCCO5)C4)c2C1.CN1Cc2cccc([C@@H](O)C(=O)N3CC4=C(C3)CN(S(=O)(=O)c3ccc5c(c3)OCCO5)C4)c2C1.CN1Cc2cccc([C@H](O)C(=O)N3CC4=C(C3)CN(S(=O)(=O)c3ccc5c(c3)OCCO5)C4)c2C1.O=C(C(O)c1cccc2c1CNC2)N1CC2=C(C1)CN(S(=O)(=O)c1ccc3c(c1)OCCO3)C2. The van der Waals surface area contributed by atoms with Gasteiger partial charge in [-0.3, -0.25) is 33.9 Å². The summed E-state index contributed by atoms with van der Waals surface area (Å²) in [6, 6.07) is 41.1. The summed E-state index contributed by atoms with van der Waals surface area (Å²) in [6.45, 7) is 17.8. The van der Waals surface area contributed by atoms with E-state index in [0.717, 1.165) is 109 Å². The van der Waals surface area contributed by atoms with Crippen LogP contribution in [0.3, 0.4) is 0 Å². The zero-order valence-electron chi connectivity index (χ0n) is 80.6. The third-order valence-electron chi connectivity index (χ3n) is 28.9. The number of fused-ring (bicyclic) bond motifs is 8. The molecule has 0 saturated heterocycles. The van der Waals surface area contributed by atoms with E-state index in [1.54, 1.807) is 87.7 Å². The number of nitrogens with zero attached hydrogens (tertiary/aromatic N) is 11. The second-order valence-corrected chi connectivity index (χ2v) is 47.5. The van der Waals surface area contributed by atoms with E-state index in [-0.39, 0.29) is 109 Å². The van der Waals surface area contributed by atoms with Gasteiger partial charge in [-0.25, -0.2) is 38.5 Å². The van der Waals surface area contributed by atoms with E-state index < -0.39 is 82.1 Å². The Hall–Kier alpha value is -12.4. The van der Waals surface area contributed by atoms with Crippen molar-refractivity contribution in [2.75, 3.05) is 172 Å². The fourth-order valence-corrected chi connectivity index (χ4v) is 27.3. The Morgan fingerprint density at radius 2 is 0.538 bits per heavy atom. The van der Waals surface area contributed by atoms with Gasteiger partial charge >= 0.3 is 6.09 Å². The van der Waals surface area contributed by atoms with Crippen LogP contribution in [0.1, 0.15) is 112 Å². The van der Waals surface area contributed by atoms with Gasteiger partial charge in [0.2, 0.25) is 40.1 Å². The van der Waals surface area contributed by atoms with Crippen molar-refractivity contribution >= 4 is 69.8 Å². The molecule has 145 heavy (non-hydrogen) atoms. The number of rotatable bonds is 16. The van der Waals surface area contributed by atoms with Crippen LogP contribution in [0.15, 0.2) is 210 Å². The molecule has 24 rings (SSSR count). The molecule has 16 aliphatic heterocycles. The van der Waals surface area contributed by atoms with Crippen LogP contribution in [0, 0.1) is 0 Å². The van der Waals surface area contributed by atoms with Crippen LogP contribution in [0.4, 0.5) is 4.79 Å². The van der Waals surface area contributed by atoms with Gasteiger partial charge in [-0.15, -0.1) is 0 Å². The molecule has 0 fully saturated rings. The second kappa shape index (κ2) is 39.1. The van der Waals surface area contributed by atoms with Crippen molar-refractivity contribution in [3.63, 3.8) is 0 Å². The predicted molar refractivity (Wildman–Crippen MR) is 521 cm³/mol. The number of ether oxygens (including phenoxy) is 9. The molecule has 0 bridgehead atoms. The van der Waals surface area contributed by atoms with Gasteiger partial charge in [0.25, 0.3) is 23.6 Å². The minimum Gasteiger partial charge on any atom is -0.486 e. The fraction of sp³-hybridized carbons (Fsp3) is 0.408. The molecule has 0 spiro atoms. The van der Waals surface area contributed by atoms with Gasteiger partial charge in [0.05, 0.1) is 26.1 Å². The van der Waals surface area contributed by atoms with E-state index in [9.17, 15) is 78.1 Å². The fourth-order valence-electron chi connectivity index (χ4n) is 21.6. The number of aliphatic hydroxyl groups is 4. The highest BCUT2D eigenvalue weighted by molar-refractivity contribution is 7.90. The number of sulfonamides is 4. The van der Waals surface area contributed by atoms with Crippen molar-refractivity contribution < 1.29 is 121 Å². The molecule has 0 aromatic heterocycles. The smallest absolute Gasteiger partial charge is 0.410 e. The molecule has 5 N–H and O–H groups in total. The van der Waals surface area contributed by atoms with Gasteiger partial charge in [0.1, 0.15) is 58.5 Å². The normalized spacial score (nSPS) is 20.3. The number of carbonyl (C=O) groups is 5. The lowest BCUT2D eigenvalue weighted by molar-refractivity contribution is -0.140. The van der Waals surface area contributed by atoms with E-state index >= 15 is 0 Å². The Bertz CT molecular complexity index is 7010. The van der Waals surface area contributed by atoms with Crippen molar-refractivity contribution in [2.45, 2.75) is 123 Å². The molecule has 2 unspecified atom stereocenters. The van der Waals surface area contributed by atoms with Crippen LogP contribution in [0.2, 0.25) is 0 Å². The molecule has 764 valence electrons. The zero-order valence-corrected chi connectivity index (χ0v) is 83.9. The first-order chi connectivity index (χ1) is 69.4. The minimum atomic E-state index is -3.78. The van der Waals surface area contributed by atoms with Crippen molar-refractivity contribution in [2.24, 2.45) is 0 Å². The third-order valence-corrected chi connectivity index (χ3v) is 36.1. The Labute approximate surface area is 839 Å². The summed E-state index contributed by atoms with van der Waals surface area (Å²) in [7, 11) is -10.9. The lowest BCUT2D eigenvalue weighted by Gasteiger charge is -2.26. The van der Waals surface area contributed by atoms with Crippen molar-refractivity contribution in [3.05, 3.63) is 257 Å². The highest BCUT2D eigenvalue weighted by atomic mass is 32.2. The Morgan fingerprint density at radius 1 is 0.290 bits per heavy atom. The molecule has 16 heterocycles. The predicted octanol–water partition coefficient (Wildman–Crippen LogP) is 6.08. The van der Waals surface area contributed by atoms with Crippen LogP contribution < -0.4 is 43.2 Å². The van der Waals surface area contributed by atoms with Gasteiger partial charge in [0.15, 0.2) is 70.4 Å². The molecule has 0 aliphatic carbocycles. The summed E-state index contributed by atoms with van der Waals surface area (Å²) in [5.41, 5.74) is 17.1. The second-order valence-electron chi connectivity index (χ2n) is 39.8. The summed E-state index contributed by atoms with van der Waals surface area (Å²) >= 11 is 0. The van der Waals surface area contributed by atoms with E-state index in [0.29, 0.717) is 187 Å². The maximum atomic E-state index is 13.4. The average Bonchev–Trinajstić information content (AvgIpc) is 1.07. The van der Waals surface area contributed by atoms with Crippen LogP contribution in [-0.2, 0) is 116 Å². The first kappa shape index (κ1) is 98.6. The molecular formula is C103H112N12O26S4. The molecule has 38 nitrogen and oxygen atoms in total. The van der Waals surface area contributed by atoms with Crippen LogP contribution in [0.25, 0.3) is 0 Å². The monoisotopic (exact) mass is 2060 g/mol. The number of amides is 5. The standard InChI is InChI=1S/C29H33N3O8S.2C25H27N3O6S.C24H25N3O6S/c1-29(2,3)40-28(35)31-12-18-5-4-6-22(23(18)17-31)26(33)27(34)30-13-19-15-32(16-20(19)14-30)41(36,37)21-7-8-24-25(11-21)39-10-9-38-24;2*1-26-10-16-3-2-4-20(21(16)15-26)24(29)25(30)27-11-17-13-28(14-18(17)12-27)35(31,32)19-5-6-22-23(9-19)34-8-7-33-22;28-23(19-3-1-2-15-9-25-10-20(15)19)24(29)26-11-16-13-27(14-17(16)12-26)34(30,31)18-4-5-21-22(8-18)33-7-6-32-21/h4-8,11,26,33H,9-10,12-17H2,1-3H3;2*2-6,9,24,29H,7-8,10-15H2,1H3;1-5,8,23,25,28H,6-7,9-14H2/t;2*24-;/m.10./s1. The van der Waals surface area contributed by atoms with Crippen LogP contribution in [0.5, 0.6) is 46.0 Å². The van der Waals surface area contributed by atoms with Gasteiger partial charge in [-0.1, -0.05) is 72.8 Å². The Kier molecular flexibility index (Phi) is 26.6. The molecular weight excluding hydrogens is 1950 g/mol. The topological polar surface area (TPSA) is 434 Å². The number of benzene rings is 8. The molecule has 0 saturated carbocycles. The number of hydrogen-bond acceptors (Lipinski definition) is 29. The zero-order chi connectivity index (χ0) is 101. The molecule has 16 aliphatic rings. The highest BCUT2D eigenvalue weighted by Gasteiger charge is 2.47. The lowest BCUT2D eigenvalue weighted by atomic mass is 9.98. The summed E-state index contributed by atoms with van der Waals surface area (Å²) < 4.78 is 162. The van der Waals surface area contributed by atoms with E-state index in [2.05, 4.69) is 15.1 Å². The summed E-state index contributed by atoms with van der Waals surface area (Å²) in [5, 5.41) is 47.1. The van der Waals surface area contributed by atoms with Crippen LogP contribution >= 0.6 is 0 Å². The van der Waals surface area contributed by atoms with Gasteiger partial charge in [0, 0.05) is 175 Å². The van der Waals surface area contributed by atoms with Gasteiger partial charge in [-0.2, -0.15) is 17.2 Å². The van der Waals surface area contributed by atoms with Crippen molar-refractivity contribution in [3.8, 4) is 46.0 Å². The maximum absolute atomic E-state index is 13.4. The molecule has 8 aromatic carbocycles. The average molecular weight is 2060 g/mol. The first-order valence-electron chi connectivity index (χ1n) is 48.2. The van der Waals surface area contributed by atoms with Gasteiger partial charge < -0.3 is 88.0 Å². The van der Waals surface area contributed by atoms with E-state index in [1.807, 2.05) is 68.7 Å². The molecule has 4 atom stereocenters. The summed E-state index contributed by atoms with van der Waals surface area (Å²) in [4.78, 5) is 78.3. The summed E-state index contributed by atoms with van der Waals surface area (Å²) in [5.74, 6) is 2.35. The van der Waals surface area contributed by atoms with Crippen molar-refractivity contribution in [1.82, 2.24) is 56.8 Å². The number of hydrogen-bond donors (Lipinski definition) is 5. The molecule has 42 heteroatoms. The first-order valence-corrected chi connectivity index (χ1v) is 53.9. The number of carbonyl (C=O) groups excluding carboxylic acids is 5. The Morgan fingerprint density at radius 3 is 0.814 bits per heavy atom. The Balaban J connectivity index is 0.000000114. The van der Waals surface area contributed by atoms with E-state index in [1.165, 1.54) is 65.8 Å². The largest absolute Gasteiger partial charge is 0.486 e. The maximum Gasteiger partial charge on any atom is 0.410 e. The van der Waals surface area contributed by atoms with E-state index in [4.69, 9.17) is 42.6 Å². The molecule has 8 aromatic rings. The van der Waals surface area contributed by atoms with Gasteiger partial charge in [-0.05, 0) is 195 Å². The number of aliphatic hydroxyl groups excluding tert-OH is 4. The molecule has 0 radical (unpaired) electrons. The highest BCUT2D eigenvalue weighted by Crippen LogP contribution is 2.45. The summed E-state index contributed by atoms with van der Waals surface area (Å²) in [6.07, 6.45) is -5.53. The quantitative estimate of drug-likeness (QED) is 0.0684. The molecule has 5 amide bonds. The van der Waals surface area contributed by atoms with Crippen molar-refractivity contribution in [1.29, 1.82) is 0 Å². The number of nitrogens with one attached hydrogen (secondary N) is 1. The van der Waals surface area contributed by atoms with Crippen LogP contribution in [-0.4, -0.2) is 313 Å². The minimum absolute atomic E-state index is 0.129.